The molecule has 2 N–H and O–H groups in total. The molecular formula is C17H27NO2. The van der Waals surface area contributed by atoms with Crippen molar-refractivity contribution in [1.82, 2.24) is 5.32 Å². The molecule has 3 heteroatoms. The molecule has 0 saturated heterocycles. The van der Waals surface area contributed by atoms with Gasteiger partial charge in [-0.1, -0.05) is 50.1 Å². The van der Waals surface area contributed by atoms with Gasteiger partial charge in [-0.25, -0.2) is 0 Å². The van der Waals surface area contributed by atoms with E-state index in [1.165, 1.54) is 0 Å². The molecule has 0 radical (unpaired) electrons. The number of aliphatic hydroxyl groups is 1. The zero-order valence-electron chi connectivity index (χ0n) is 13.2. The Morgan fingerprint density at radius 1 is 1.40 bits per heavy atom. The van der Waals surface area contributed by atoms with Crippen LogP contribution in [0.1, 0.15) is 51.2 Å². The topological polar surface area (TPSA) is 49.3 Å². The Balaban J connectivity index is 2.63. The number of hydrogen-bond donors (Lipinski definition) is 2. The molecule has 3 unspecified atom stereocenters. The molecule has 0 aliphatic carbocycles. The Kier molecular flexibility index (Phi) is 5.75. The van der Waals surface area contributed by atoms with E-state index in [4.69, 9.17) is 0 Å². The maximum Gasteiger partial charge on any atom is 0.227 e. The SMILES string of the molecule is CCC(C)C(C)(O)CNC(=O)C(C)c1cccc(C)c1. The van der Waals surface area contributed by atoms with Gasteiger partial charge in [0.1, 0.15) is 0 Å². The van der Waals surface area contributed by atoms with Crippen LogP contribution in [0.3, 0.4) is 0 Å². The highest BCUT2D eigenvalue weighted by Gasteiger charge is 2.28. The third-order valence-electron chi connectivity index (χ3n) is 4.23. The molecule has 3 nitrogen and oxygen atoms in total. The lowest BCUT2D eigenvalue weighted by Gasteiger charge is -2.30. The predicted molar refractivity (Wildman–Crippen MR) is 82.7 cm³/mol. The van der Waals surface area contributed by atoms with Crippen LogP contribution in [0.4, 0.5) is 0 Å². The lowest BCUT2D eigenvalue weighted by atomic mass is 9.88. The first kappa shape index (κ1) is 16.7. The zero-order chi connectivity index (χ0) is 15.3. The second kappa shape index (κ2) is 6.89. The fourth-order valence-corrected chi connectivity index (χ4v) is 2.12. The van der Waals surface area contributed by atoms with Crippen molar-refractivity contribution in [3.05, 3.63) is 35.4 Å². The number of benzene rings is 1. The van der Waals surface area contributed by atoms with Crippen molar-refractivity contribution in [2.75, 3.05) is 6.54 Å². The van der Waals surface area contributed by atoms with Gasteiger partial charge in [0.15, 0.2) is 0 Å². The van der Waals surface area contributed by atoms with E-state index < -0.39 is 5.60 Å². The van der Waals surface area contributed by atoms with Gasteiger partial charge in [0, 0.05) is 6.54 Å². The first-order valence-electron chi connectivity index (χ1n) is 7.34. The van der Waals surface area contributed by atoms with Gasteiger partial charge >= 0.3 is 0 Å². The molecule has 0 aromatic heterocycles. The second-order valence-corrected chi connectivity index (χ2v) is 6.02. The molecule has 1 rings (SSSR count). The van der Waals surface area contributed by atoms with Crippen LogP contribution in [0.2, 0.25) is 0 Å². The minimum absolute atomic E-state index is 0.0424. The normalized spacial score (nSPS) is 17.1. The molecule has 0 aliphatic rings. The van der Waals surface area contributed by atoms with Gasteiger partial charge < -0.3 is 10.4 Å². The molecule has 0 aliphatic heterocycles. The van der Waals surface area contributed by atoms with Gasteiger partial charge in [-0.05, 0) is 32.3 Å². The van der Waals surface area contributed by atoms with Crippen molar-refractivity contribution in [3.63, 3.8) is 0 Å². The van der Waals surface area contributed by atoms with Crippen molar-refractivity contribution in [1.29, 1.82) is 0 Å². The summed E-state index contributed by atoms with van der Waals surface area (Å²) in [5.41, 5.74) is 1.29. The molecule has 0 fully saturated rings. The average Bonchev–Trinajstić information content (AvgIpc) is 2.43. The van der Waals surface area contributed by atoms with E-state index in [0.717, 1.165) is 17.5 Å². The summed E-state index contributed by atoms with van der Waals surface area (Å²) in [6, 6.07) is 7.97. The Bertz CT molecular complexity index is 454. The number of hydrogen-bond acceptors (Lipinski definition) is 2. The molecule has 1 aromatic carbocycles. The van der Waals surface area contributed by atoms with Gasteiger partial charge in [0.2, 0.25) is 5.91 Å². The Morgan fingerprint density at radius 3 is 2.60 bits per heavy atom. The third-order valence-corrected chi connectivity index (χ3v) is 4.23. The highest BCUT2D eigenvalue weighted by atomic mass is 16.3. The number of rotatable bonds is 6. The van der Waals surface area contributed by atoms with E-state index in [0.29, 0.717) is 0 Å². The standard InChI is InChI=1S/C17H27NO2/c1-6-13(3)17(5,20)11-18-16(19)14(4)15-9-7-8-12(2)10-15/h7-10,13-14,20H,6,11H2,1-5H3,(H,18,19). The van der Waals surface area contributed by atoms with Gasteiger partial charge in [-0.2, -0.15) is 0 Å². The minimum atomic E-state index is -0.864. The average molecular weight is 277 g/mol. The Morgan fingerprint density at radius 2 is 2.05 bits per heavy atom. The summed E-state index contributed by atoms with van der Waals surface area (Å²) < 4.78 is 0. The summed E-state index contributed by atoms with van der Waals surface area (Å²) in [7, 11) is 0. The lowest BCUT2D eigenvalue weighted by molar-refractivity contribution is -0.123. The van der Waals surface area contributed by atoms with Crippen LogP contribution >= 0.6 is 0 Å². The van der Waals surface area contributed by atoms with Crippen molar-refractivity contribution in [2.24, 2.45) is 5.92 Å². The number of carbonyl (C=O) groups is 1. The van der Waals surface area contributed by atoms with E-state index in [-0.39, 0.29) is 24.3 Å². The highest BCUT2D eigenvalue weighted by Crippen LogP contribution is 2.20. The summed E-state index contributed by atoms with van der Waals surface area (Å²) in [5.74, 6) is -0.0983. The molecule has 112 valence electrons. The molecule has 1 amide bonds. The van der Waals surface area contributed by atoms with Crippen LogP contribution in [0.15, 0.2) is 24.3 Å². The van der Waals surface area contributed by atoms with Gasteiger partial charge in [0.25, 0.3) is 0 Å². The number of carbonyl (C=O) groups excluding carboxylic acids is 1. The van der Waals surface area contributed by atoms with Gasteiger partial charge in [0.05, 0.1) is 11.5 Å². The summed E-state index contributed by atoms with van der Waals surface area (Å²) in [6.07, 6.45) is 0.885. The van der Waals surface area contributed by atoms with Crippen LogP contribution in [-0.2, 0) is 4.79 Å². The van der Waals surface area contributed by atoms with E-state index in [2.05, 4.69) is 5.32 Å². The molecule has 20 heavy (non-hydrogen) atoms. The van der Waals surface area contributed by atoms with Crippen molar-refractivity contribution in [3.8, 4) is 0 Å². The van der Waals surface area contributed by atoms with Crippen LogP contribution < -0.4 is 5.32 Å². The number of nitrogens with one attached hydrogen (secondary N) is 1. The summed E-state index contributed by atoms with van der Waals surface area (Å²) in [5, 5.41) is 13.2. The van der Waals surface area contributed by atoms with Crippen LogP contribution in [-0.4, -0.2) is 23.2 Å². The van der Waals surface area contributed by atoms with Crippen LogP contribution in [0.25, 0.3) is 0 Å². The molecule has 3 atom stereocenters. The molecular weight excluding hydrogens is 250 g/mol. The van der Waals surface area contributed by atoms with Gasteiger partial charge in [-0.15, -0.1) is 0 Å². The lowest BCUT2D eigenvalue weighted by Crippen LogP contribution is -2.45. The predicted octanol–water partition coefficient (Wildman–Crippen LogP) is 3.01. The maximum absolute atomic E-state index is 12.2. The fraction of sp³-hybridized carbons (Fsp3) is 0.588. The molecule has 1 aromatic rings. The maximum atomic E-state index is 12.2. The molecule has 0 bridgehead atoms. The monoisotopic (exact) mass is 277 g/mol. The minimum Gasteiger partial charge on any atom is -0.388 e. The van der Waals surface area contributed by atoms with Crippen molar-refractivity contribution >= 4 is 5.91 Å². The van der Waals surface area contributed by atoms with Crippen LogP contribution in [0.5, 0.6) is 0 Å². The second-order valence-electron chi connectivity index (χ2n) is 6.02. The van der Waals surface area contributed by atoms with Crippen molar-refractivity contribution < 1.29 is 9.90 Å². The summed E-state index contributed by atoms with van der Waals surface area (Å²) in [6.45, 7) is 10.0. The number of aryl methyl sites for hydroxylation is 1. The molecule has 0 spiro atoms. The Labute approximate surface area is 122 Å². The summed E-state index contributed by atoms with van der Waals surface area (Å²) >= 11 is 0. The van der Waals surface area contributed by atoms with E-state index in [9.17, 15) is 9.90 Å². The van der Waals surface area contributed by atoms with E-state index in [1.54, 1.807) is 6.92 Å². The van der Waals surface area contributed by atoms with Gasteiger partial charge in [-0.3, -0.25) is 4.79 Å². The first-order valence-corrected chi connectivity index (χ1v) is 7.34. The largest absolute Gasteiger partial charge is 0.388 e. The van der Waals surface area contributed by atoms with Crippen LogP contribution in [0, 0.1) is 12.8 Å². The quantitative estimate of drug-likeness (QED) is 0.839. The first-order chi connectivity index (χ1) is 9.27. The molecule has 0 saturated carbocycles. The van der Waals surface area contributed by atoms with E-state index >= 15 is 0 Å². The van der Waals surface area contributed by atoms with E-state index in [1.807, 2.05) is 52.0 Å². The zero-order valence-corrected chi connectivity index (χ0v) is 13.2. The third kappa shape index (κ3) is 4.34. The number of amides is 1. The smallest absolute Gasteiger partial charge is 0.227 e. The fourth-order valence-electron chi connectivity index (χ4n) is 2.12. The highest BCUT2D eigenvalue weighted by molar-refractivity contribution is 5.83. The Hall–Kier alpha value is -1.35. The summed E-state index contributed by atoms with van der Waals surface area (Å²) in [4.78, 5) is 12.2. The van der Waals surface area contributed by atoms with Crippen molar-refractivity contribution in [2.45, 2.75) is 52.6 Å². The molecule has 0 heterocycles.